The standard InChI is InChI=1S/C15H20N2O2S/c1-11-9-16(2)7-8-17(11)15(18)13-10-20-14-6-4-3-5-12(14)19-13/h3-6,11,13H,7-10H2,1-2H3. The molecular weight excluding hydrogens is 272 g/mol. The molecule has 2 unspecified atom stereocenters. The highest BCUT2D eigenvalue weighted by Gasteiger charge is 2.34. The molecule has 2 atom stereocenters. The molecule has 4 nitrogen and oxygen atoms in total. The van der Waals surface area contributed by atoms with Crippen molar-refractivity contribution in [2.24, 2.45) is 0 Å². The Morgan fingerprint density at radius 1 is 1.35 bits per heavy atom. The fraction of sp³-hybridized carbons (Fsp3) is 0.533. The molecule has 2 aliphatic rings. The second kappa shape index (κ2) is 5.66. The van der Waals surface area contributed by atoms with E-state index in [0.29, 0.717) is 5.75 Å². The fourth-order valence-electron chi connectivity index (χ4n) is 2.79. The summed E-state index contributed by atoms with van der Waals surface area (Å²) in [6.45, 7) is 4.77. The Balaban J connectivity index is 1.70. The molecule has 1 aromatic carbocycles. The molecule has 0 aromatic heterocycles. The highest BCUT2D eigenvalue weighted by molar-refractivity contribution is 7.99. The monoisotopic (exact) mass is 292 g/mol. The summed E-state index contributed by atoms with van der Waals surface area (Å²) < 4.78 is 5.90. The summed E-state index contributed by atoms with van der Waals surface area (Å²) in [6.07, 6.45) is -0.347. The predicted molar refractivity (Wildman–Crippen MR) is 80.3 cm³/mol. The number of fused-ring (bicyclic) bond motifs is 1. The van der Waals surface area contributed by atoms with Crippen LogP contribution < -0.4 is 4.74 Å². The van der Waals surface area contributed by atoms with Crippen molar-refractivity contribution >= 4 is 17.7 Å². The fourth-order valence-corrected chi connectivity index (χ4v) is 3.77. The first-order chi connectivity index (χ1) is 9.65. The number of amides is 1. The molecule has 2 aliphatic heterocycles. The van der Waals surface area contributed by atoms with E-state index in [9.17, 15) is 4.79 Å². The third kappa shape index (κ3) is 2.65. The van der Waals surface area contributed by atoms with Crippen molar-refractivity contribution in [3.05, 3.63) is 24.3 Å². The summed E-state index contributed by atoms with van der Waals surface area (Å²) in [5, 5.41) is 0. The predicted octanol–water partition coefficient (Wildman–Crippen LogP) is 1.70. The molecule has 20 heavy (non-hydrogen) atoms. The summed E-state index contributed by atoms with van der Waals surface area (Å²) in [6, 6.07) is 8.19. The van der Waals surface area contributed by atoms with Gasteiger partial charge < -0.3 is 14.5 Å². The number of ether oxygens (including phenoxy) is 1. The van der Waals surface area contributed by atoms with Crippen LogP contribution >= 0.6 is 11.8 Å². The van der Waals surface area contributed by atoms with Gasteiger partial charge in [0.25, 0.3) is 5.91 Å². The molecule has 0 N–H and O–H groups in total. The zero-order valence-corrected chi connectivity index (χ0v) is 12.7. The Morgan fingerprint density at radius 2 is 2.15 bits per heavy atom. The van der Waals surface area contributed by atoms with E-state index >= 15 is 0 Å². The quantitative estimate of drug-likeness (QED) is 0.789. The van der Waals surface area contributed by atoms with Crippen LogP contribution in [0.3, 0.4) is 0 Å². The Hall–Kier alpha value is -1.20. The van der Waals surface area contributed by atoms with Gasteiger partial charge in [-0.1, -0.05) is 12.1 Å². The van der Waals surface area contributed by atoms with Crippen molar-refractivity contribution in [2.45, 2.75) is 24.0 Å². The van der Waals surface area contributed by atoms with Crippen LogP contribution in [0.25, 0.3) is 0 Å². The number of piperazine rings is 1. The Kier molecular flexibility index (Phi) is 3.89. The number of likely N-dealkylation sites (N-methyl/N-ethyl adjacent to an activating group) is 1. The number of hydrogen-bond acceptors (Lipinski definition) is 4. The van der Waals surface area contributed by atoms with Crippen LogP contribution in [-0.4, -0.2) is 60.3 Å². The van der Waals surface area contributed by atoms with E-state index in [1.54, 1.807) is 11.8 Å². The molecule has 0 radical (unpaired) electrons. The maximum Gasteiger partial charge on any atom is 0.264 e. The van der Waals surface area contributed by atoms with Crippen LogP contribution in [0.2, 0.25) is 0 Å². The lowest BCUT2D eigenvalue weighted by Gasteiger charge is -2.40. The second-order valence-corrected chi connectivity index (χ2v) is 6.57. The number of carbonyl (C=O) groups is 1. The Labute approximate surface area is 124 Å². The van der Waals surface area contributed by atoms with Crippen molar-refractivity contribution in [3.63, 3.8) is 0 Å². The third-order valence-corrected chi connectivity index (χ3v) is 5.02. The topological polar surface area (TPSA) is 32.8 Å². The maximum absolute atomic E-state index is 12.6. The lowest BCUT2D eigenvalue weighted by atomic mass is 10.1. The average molecular weight is 292 g/mol. The molecule has 0 spiro atoms. The zero-order chi connectivity index (χ0) is 14.1. The van der Waals surface area contributed by atoms with Gasteiger partial charge in [0.2, 0.25) is 0 Å². The van der Waals surface area contributed by atoms with Gasteiger partial charge >= 0.3 is 0 Å². The molecule has 5 heteroatoms. The van der Waals surface area contributed by atoms with E-state index in [2.05, 4.69) is 18.9 Å². The number of nitrogens with zero attached hydrogens (tertiary/aromatic N) is 2. The van der Waals surface area contributed by atoms with Gasteiger partial charge in [0.15, 0.2) is 6.10 Å². The zero-order valence-electron chi connectivity index (χ0n) is 11.9. The number of hydrogen-bond donors (Lipinski definition) is 0. The van der Waals surface area contributed by atoms with Gasteiger partial charge in [-0.05, 0) is 26.1 Å². The van der Waals surface area contributed by atoms with Crippen molar-refractivity contribution in [2.75, 3.05) is 32.4 Å². The van der Waals surface area contributed by atoms with Gasteiger partial charge in [0, 0.05) is 36.3 Å². The van der Waals surface area contributed by atoms with Crippen molar-refractivity contribution < 1.29 is 9.53 Å². The number of thioether (sulfide) groups is 1. The number of para-hydroxylation sites is 1. The average Bonchev–Trinajstić information content (AvgIpc) is 2.46. The molecule has 3 rings (SSSR count). The minimum Gasteiger partial charge on any atom is -0.479 e. The molecule has 1 saturated heterocycles. The van der Waals surface area contributed by atoms with Crippen molar-refractivity contribution in [1.82, 2.24) is 9.80 Å². The van der Waals surface area contributed by atoms with Crippen LogP contribution in [-0.2, 0) is 4.79 Å². The summed E-state index contributed by atoms with van der Waals surface area (Å²) in [7, 11) is 2.10. The van der Waals surface area contributed by atoms with E-state index in [1.807, 2.05) is 29.2 Å². The van der Waals surface area contributed by atoms with Crippen molar-refractivity contribution in [1.29, 1.82) is 0 Å². The van der Waals surface area contributed by atoms with E-state index in [1.165, 1.54) is 0 Å². The maximum atomic E-state index is 12.6. The van der Waals surface area contributed by atoms with Gasteiger partial charge in [0.1, 0.15) is 5.75 Å². The molecule has 1 amide bonds. The van der Waals surface area contributed by atoms with Crippen LogP contribution in [0.1, 0.15) is 6.92 Å². The molecule has 1 aromatic rings. The van der Waals surface area contributed by atoms with Crippen LogP contribution in [0.5, 0.6) is 5.75 Å². The minimum atomic E-state index is -0.347. The van der Waals surface area contributed by atoms with Crippen molar-refractivity contribution in [3.8, 4) is 5.75 Å². The lowest BCUT2D eigenvalue weighted by molar-refractivity contribution is -0.142. The first-order valence-corrected chi connectivity index (χ1v) is 8.01. The van der Waals surface area contributed by atoms with Crippen LogP contribution in [0, 0.1) is 0 Å². The van der Waals surface area contributed by atoms with Crippen LogP contribution in [0.4, 0.5) is 0 Å². The first kappa shape index (κ1) is 13.8. The van der Waals surface area contributed by atoms with Gasteiger partial charge in [-0.15, -0.1) is 11.8 Å². The summed E-state index contributed by atoms with van der Waals surface area (Å²) in [4.78, 5) is 18.0. The van der Waals surface area contributed by atoms with Gasteiger partial charge in [-0.25, -0.2) is 0 Å². The second-order valence-electron chi connectivity index (χ2n) is 5.51. The van der Waals surface area contributed by atoms with Gasteiger partial charge in [0.05, 0.1) is 0 Å². The van der Waals surface area contributed by atoms with Crippen LogP contribution in [0.15, 0.2) is 29.2 Å². The lowest BCUT2D eigenvalue weighted by Crippen LogP contribution is -2.56. The highest BCUT2D eigenvalue weighted by Crippen LogP contribution is 2.35. The summed E-state index contributed by atoms with van der Waals surface area (Å²) in [5.41, 5.74) is 0. The molecule has 0 bridgehead atoms. The smallest absolute Gasteiger partial charge is 0.264 e. The van der Waals surface area contributed by atoms with E-state index in [4.69, 9.17) is 4.74 Å². The number of benzene rings is 1. The summed E-state index contributed by atoms with van der Waals surface area (Å²) in [5.74, 6) is 1.67. The molecule has 108 valence electrons. The third-order valence-electron chi connectivity index (χ3n) is 3.90. The molecule has 0 aliphatic carbocycles. The van der Waals surface area contributed by atoms with E-state index < -0.39 is 0 Å². The highest BCUT2D eigenvalue weighted by atomic mass is 32.2. The molecule has 1 fully saturated rings. The molecule has 2 heterocycles. The number of rotatable bonds is 1. The van der Waals surface area contributed by atoms with Gasteiger partial charge in [-0.2, -0.15) is 0 Å². The van der Waals surface area contributed by atoms with E-state index in [-0.39, 0.29) is 18.1 Å². The SMILES string of the molecule is CC1CN(C)CCN1C(=O)C1CSc2ccccc2O1. The Morgan fingerprint density at radius 3 is 2.95 bits per heavy atom. The van der Waals surface area contributed by atoms with Gasteiger partial charge in [-0.3, -0.25) is 4.79 Å². The normalized spacial score (nSPS) is 26.8. The first-order valence-electron chi connectivity index (χ1n) is 7.02. The number of carbonyl (C=O) groups excluding carboxylic acids is 1. The summed E-state index contributed by atoms with van der Waals surface area (Å²) >= 11 is 1.71. The Bertz CT molecular complexity index is 508. The van der Waals surface area contributed by atoms with E-state index in [0.717, 1.165) is 30.3 Å². The minimum absolute atomic E-state index is 0.132. The molecule has 0 saturated carbocycles. The molecular formula is C15H20N2O2S. The largest absolute Gasteiger partial charge is 0.479 e.